The van der Waals surface area contributed by atoms with Crippen molar-refractivity contribution in [2.45, 2.75) is 13.5 Å². The lowest BCUT2D eigenvalue weighted by molar-refractivity contribution is 0.727. The lowest BCUT2D eigenvalue weighted by Crippen LogP contribution is -2.11. The topological polar surface area (TPSA) is 12.0 Å². The van der Waals surface area contributed by atoms with Gasteiger partial charge in [-0.15, -0.1) is 11.3 Å². The number of benzene rings is 1. The maximum atomic E-state index is 3.56. The van der Waals surface area contributed by atoms with E-state index < -0.39 is 0 Å². The van der Waals surface area contributed by atoms with Crippen LogP contribution in [0.3, 0.4) is 0 Å². The molecule has 0 unspecified atom stereocenters. The first-order valence-electron chi connectivity index (χ1n) is 5.34. The van der Waals surface area contributed by atoms with Crippen LogP contribution < -0.4 is 5.32 Å². The second-order valence-electron chi connectivity index (χ2n) is 3.57. The average molecular weight is 296 g/mol. The lowest BCUT2D eigenvalue weighted by Gasteiger charge is -2.04. The molecule has 84 valence electrons. The van der Waals surface area contributed by atoms with Gasteiger partial charge >= 0.3 is 0 Å². The molecule has 1 aromatic carbocycles. The summed E-state index contributed by atoms with van der Waals surface area (Å²) in [6.07, 6.45) is 0. The van der Waals surface area contributed by atoms with Crippen LogP contribution in [0.25, 0.3) is 10.4 Å². The van der Waals surface area contributed by atoms with Gasteiger partial charge in [-0.1, -0.05) is 31.2 Å². The molecule has 0 atom stereocenters. The van der Waals surface area contributed by atoms with Gasteiger partial charge in [0, 0.05) is 15.9 Å². The number of thiophene rings is 1. The zero-order valence-electron chi connectivity index (χ0n) is 9.16. The van der Waals surface area contributed by atoms with E-state index in [1.807, 2.05) is 0 Å². The highest BCUT2D eigenvalue weighted by molar-refractivity contribution is 9.10. The van der Waals surface area contributed by atoms with E-state index in [9.17, 15) is 0 Å². The minimum absolute atomic E-state index is 0.947. The fourth-order valence-electron chi connectivity index (χ4n) is 1.54. The predicted molar refractivity (Wildman–Crippen MR) is 74.8 cm³/mol. The number of rotatable bonds is 4. The van der Waals surface area contributed by atoms with Gasteiger partial charge in [0.05, 0.1) is 0 Å². The van der Waals surface area contributed by atoms with Crippen molar-refractivity contribution in [3.05, 3.63) is 45.7 Å². The van der Waals surface area contributed by atoms with E-state index in [-0.39, 0.29) is 0 Å². The Kier molecular flexibility index (Phi) is 4.16. The SMILES string of the molecule is CCNCc1ccc(-c2sccc2Br)cc1. The quantitative estimate of drug-likeness (QED) is 0.887. The third-order valence-corrected chi connectivity index (χ3v) is 4.30. The highest BCUT2D eigenvalue weighted by Crippen LogP contribution is 2.33. The number of nitrogens with one attached hydrogen (secondary N) is 1. The fourth-order valence-corrected chi connectivity index (χ4v) is 3.15. The van der Waals surface area contributed by atoms with Crippen molar-refractivity contribution in [2.75, 3.05) is 6.54 Å². The van der Waals surface area contributed by atoms with Crippen LogP contribution >= 0.6 is 27.3 Å². The van der Waals surface area contributed by atoms with Crippen molar-refractivity contribution in [1.82, 2.24) is 5.32 Å². The molecule has 0 radical (unpaired) electrons. The smallest absolute Gasteiger partial charge is 0.0484 e. The van der Waals surface area contributed by atoms with Crippen LogP contribution in [-0.4, -0.2) is 6.54 Å². The summed E-state index contributed by atoms with van der Waals surface area (Å²) in [4.78, 5) is 1.30. The van der Waals surface area contributed by atoms with Gasteiger partial charge < -0.3 is 5.32 Å². The summed E-state index contributed by atoms with van der Waals surface area (Å²) in [7, 11) is 0. The second kappa shape index (κ2) is 5.62. The van der Waals surface area contributed by atoms with Crippen molar-refractivity contribution in [2.24, 2.45) is 0 Å². The van der Waals surface area contributed by atoms with Gasteiger partial charge in [0.15, 0.2) is 0 Å². The van der Waals surface area contributed by atoms with Crippen LogP contribution in [0.15, 0.2) is 40.2 Å². The van der Waals surface area contributed by atoms with Crippen LogP contribution in [0.4, 0.5) is 0 Å². The molecular weight excluding hydrogens is 282 g/mol. The summed E-state index contributed by atoms with van der Waals surface area (Å²) in [6.45, 7) is 4.08. The molecule has 2 aromatic rings. The molecule has 1 aromatic heterocycles. The van der Waals surface area contributed by atoms with Crippen LogP contribution in [0.1, 0.15) is 12.5 Å². The zero-order valence-corrected chi connectivity index (χ0v) is 11.6. The number of halogens is 1. The third-order valence-electron chi connectivity index (χ3n) is 2.41. The van der Waals surface area contributed by atoms with E-state index in [0.717, 1.165) is 13.1 Å². The van der Waals surface area contributed by atoms with Crippen molar-refractivity contribution >= 4 is 27.3 Å². The molecule has 0 aliphatic heterocycles. The van der Waals surface area contributed by atoms with Gasteiger partial charge in [-0.2, -0.15) is 0 Å². The predicted octanol–water partition coefficient (Wildman–Crippen LogP) is 4.29. The summed E-state index contributed by atoms with van der Waals surface area (Å²) in [5, 5.41) is 5.43. The van der Waals surface area contributed by atoms with E-state index in [2.05, 4.69) is 63.9 Å². The highest BCUT2D eigenvalue weighted by Gasteiger charge is 2.03. The molecule has 3 heteroatoms. The largest absolute Gasteiger partial charge is 0.313 e. The average Bonchev–Trinajstić information content (AvgIpc) is 2.74. The Morgan fingerprint density at radius 2 is 1.94 bits per heavy atom. The van der Waals surface area contributed by atoms with Gasteiger partial charge in [-0.25, -0.2) is 0 Å². The summed E-state index contributed by atoms with van der Waals surface area (Å²) < 4.78 is 1.18. The molecule has 0 bridgehead atoms. The summed E-state index contributed by atoms with van der Waals surface area (Å²) in [6, 6.07) is 10.8. The van der Waals surface area contributed by atoms with Gasteiger partial charge in [0.25, 0.3) is 0 Å². The Labute approximate surface area is 109 Å². The zero-order chi connectivity index (χ0) is 11.4. The maximum absolute atomic E-state index is 3.56. The first-order chi connectivity index (χ1) is 7.81. The molecule has 0 amide bonds. The molecule has 0 saturated heterocycles. The van der Waals surface area contributed by atoms with Crippen molar-refractivity contribution < 1.29 is 0 Å². The molecule has 1 nitrogen and oxygen atoms in total. The minimum Gasteiger partial charge on any atom is -0.313 e. The van der Waals surface area contributed by atoms with Crippen molar-refractivity contribution in [3.8, 4) is 10.4 Å². The van der Waals surface area contributed by atoms with E-state index in [1.54, 1.807) is 11.3 Å². The first-order valence-corrected chi connectivity index (χ1v) is 7.01. The monoisotopic (exact) mass is 295 g/mol. The van der Waals surface area contributed by atoms with E-state index >= 15 is 0 Å². The van der Waals surface area contributed by atoms with Crippen LogP contribution in [0, 0.1) is 0 Å². The summed E-state index contributed by atoms with van der Waals surface area (Å²) in [5.74, 6) is 0. The van der Waals surface area contributed by atoms with Crippen molar-refractivity contribution in [1.29, 1.82) is 0 Å². The normalized spacial score (nSPS) is 10.6. The molecule has 2 rings (SSSR count). The molecule has 0 saturated carbocycles. The van der Waals surface area contributed by atoms with Gasteiger partial charge in [-0.3, -0.25) is 0 Å². The summed E-state index contributed by atoms with van der Waals surface area (Å²) >= 11 is 5.33. The number of hydrogen-bond donors (Lipinski definition) is 1. The van der Waals surface area contributed by atoms with E-state index in [0.29, 0.717) is 0 Å². The van der Waals surface area contributed by atoms with E-state index in [4.69, 9.17) is 0 Å². The molecule has 1 heterocycles. The Morgan fingerprint density at radius 3 is 2.50 bits per heavy atom. The fraction of sp³-hybridized carbons (Fsp3) is 0.231. The standard InChI is InChI=1S/C13H14BrNS/c1-2-15-9-10-3-5-11(6-4-10)13-12(14)7-8-16-13/h3-8,15H,2,9H2,1H3. The Balaban J connectivity index is 2.16. The highest BCUT2D eigenvalue weighted by atomic mass is 79.9. The molecule has 1 N–H and O–H groups in total. The maximum Gasteiger partial charge on any atom is 0.0484 e. The lowest BCUT2D eigenvalue weighted by atomic mass is 10.1. The molecule has 0 fully saturated rings. The third kappa shape index (κ3) is 2.73. The molecular formula is C13H14BrNS. The first kappa shape index (κ1) is 11.8. The van der Waals surface area contributed by atoms with Crippen molar-refractivity contribution in [3.63, 3.8) is 0 Å². The minimum atomic E-state index is 0.947. The molecule has 0 spiro atoms. The van der Waals surface area contributed by atoms with Crippen LogP contribution in [0.5, 0.6) is 0 Å². The molecule has 16 heavy (non-hydrogen) atoms. The Morgan fingerprint density at radius 1 is 1.19 bits per heavy atom. The number of hydrogen-bond acceptors (Lipinski definition) is 2. The summed E-state index contributed by atoms with van der Waals surface area (Å²) in [5.41, 5.74) is 2.61. The van der Waals surface area contributed by atoms with Gasteiger partial charge in [-0.05, 0) is 45.0 Å². The van der Waals surface area contributed by atoms with E-state index in [1.165, 1.54) is 20.5 Å². The van der Waals surface area contributed by atoms with Gasteiger partial charge in [0.1, 0.15) is 0 Å². The Bertz CT molecular complexity index is 447. The van der Waals surface area contributed by atoms with Crippen LogP contribution in [0.2, 0.25) is 0 Å². The van der Waals surface area contributed by atoms with Gasteiger partial charge in [0.2, 0.25) is 0 Å². The second-order valence-corrected chi connectivity index (χ2v) is 5.35. The Hall–Kier alpha value is -0.640. The molecule has 0 aliphatic rings. The molecule has 0 aliphatic carbocycles. The van der Waals surface area contributed by atoms with Crippen LogP contribution in [-0.2, 0) is 6.54 Å².